The highest BCUT2D eigenvalue weighted by Gasteiger charge is 2.27. The second-order valence-electron chi connectivity index (χ2n) is 7.11. The summed E-state index contributed by atoms with van der Waals surface area (Å²) in [5.74, 6) is 0.396. The molecule has 1 amide bonds. The SMILES string of the molecule is O=C(Nc1cc(N2CCCC2)ccc1N1CCOCC1)C1CCC1. The van der Waals surface area contributed by atoms with Crippen LogP contribution in [0.4, 0.5) is 17.1 Å². The lowest BCUT2D eigenvalue weighted by Crippen LogP contribution is -2.37. The molecule has 0 spiro atoms. The fourth-order valence-electron chi connectivity index (χ4n) is 3.78. The Morgan fingerprint density at radius 2 is 1.75 bits per heavy atom. The smallest absolute Gasteiger partial charge is 0.227 e. The van der Waals surface area contributed by atoms with Crippen LogP contribution in [0, 0.1) is 5.92 Å². The summed E-state index contributed by atoms with van der Waals surface area (Å²) < 4.78 is 5.47. The first-order valence-electron chi connectivity index (χ1n) is 9.34. The lowest BCUT2D eigenvalue weighted by atomic mass is 9.85. The van der Waals surface area contributed by atoms with Gasteiger partial charge in [-0.25, -0.2) is 0 Å². The van der Waals surface area contributed by atoms with Crippen molar-refractivity contribution in [2.24, 2.45) is 5.92 Å². The van der Waals surface area contributed by atoms with Gasteiger partial charge in [-0.15, -0.1) is 0 Å². The summed E-state index contributed by atoms with van der Waals surface area (Å²) in [6.07, 6.45) is 5.77. The van der Waals surface area contributed by atoms with Gasteiger partial charge >= 0.3 is 0 Å². The van der Waals surface area contributed by atoms with E-state index in [-0.39, 0.29) is 11.8 Å². The predicted octanol–water partition coefficient (Wildman–Crippen LogP) is 2.86. The van der Waals surface area contributed by atoms with Crippen LogP contribution >= 0.6 is 0 Å². The highest BCUT2D eigenvalue weighted by atomic mass is 16.5. The molecule has 5 heteroatoms. The van der Waals surface area contributed by atoms with Crippen molar-refractivity contribution in [2.45, 2.75) is 32.1 Å². The molecule has 0 unspecified atom stereocenters. The number of nitrogens with zero attached hydrogens (tertiary/aromatic N) is 2. The maximum atomic E-state index is 12.5. The fourth-order valence-corrected chi connectivity index (χ4v) is 3.78. The number of anilines is 3. The standard InChI is InChI=1S/C19H27N3O2/c23-19(15-4-3-5-15)20-17-14-16(21-8-1-2-9-21)6-7-18(17)22-10-12-24-13-11-22/h6-7,14-15H,1-5,8-13H2,(H,20,23). The molecular formula is C19H27N3O2. The van der Waals surface area contributed by atoms with E-state index in [9.17, 15) is 4.79 Å². The fraction of sp³-hybridized carbons (Fsp3) is 0.632. The van der Waals surface area contributed by atoms with Crippen molar-refractivity contribution in [3.8, 4) is 0 Å². The van der Waals surface area contributed by atoms with Crippen molar-refractivity contribution in [1.82, 2.24) is 0 Å². The van der Waals surface area contributed by atoms with Crippen molar-refractivity contribution in [3.05, 3.63) is 18.2 Å². The quantitative estimate of drug-likeness (QED) is 0.922. The maximum absolute atomic E-state index is 12.5. The molecule has 5 nitrogen and oxygen atoms in total. The van der Waals surface area contributed by atoms with Crippen LogP contribution in [0.2, 0.25) is 0 Å². The van der Waals surface area contributed by atoms with Gasteiger partial charge in [0, 0.05) is 37.8 Å². The van der Waals surface area contributed by atoms with Crippen LogP contribution in [-0.2, 0) is 9.53 Å². The molecule has 3 aliphatic rings. The van der Waals surface area contributed by atoms with E-state index in [0.717, 1.165) is 63.6 Å². The van der Waals surface area contributed by atoms with Crippen molar-refractivity contribution < 1.29 is 9.53 Å². The summed E-state index contributed by atoms with van der Waals surface area (Å²) in [7, 11) is 0. The highest BCUT2D eigenvalue weighted by Crippen LogP contribution is 2.34. The average Bonchev–Trinajstić information content (AvgIpc) is 3.08. The molecule has 130 valence electrons. The average molecular weight is 329 g/mol. The van der Waals surface area contributed by atoms with Crippen molar-refractivity contribution in [1.29, 1.82) is 0 Å². The summed E-state index contributed by atoms with van der Waals surface area (Å²) in [5.41, 5.74) is 3.33. The molecule has 0 bridgehead atoms. The van der Waals surface area contributed by atoms with Crippen LogP contribution < -0.4 is 15.1 Å². The van der Waals surface area contributed by atoms with Gasteiger partial charge in [0.05, 0.1) is 24.6 Å². The number of carbonyl (C=O) groups is 1. The Hall–Kier alpha value is -1.75. The number of ether oxygens (including phenoxy) is 1. The zero-order valence-electron chi connectivity index (χ0n) is 14.3. The van der Waals surface area contributed by atoms with E-state index in [0.29, 0.717) is 0 Å². The molecule has 1 aliphatic carbocycles. The summed E-state index contributed by atoms with van der Waals surface area (Å²) in [6, 6.07) is 6.55. The minimum Gasteiger partial charge on any atom is -0.378 e. The Kier molecular flexibility index (Phi) is 4.60. The molecular weight excluding hydrogens is 302 g/mol. The molecule has 4 rings (SSSR count). The molecule has 2 heterocycles. The normalized spacial score (nSPS) is 21.7. The third-order valence-electron chi connectivity index (χ3n) is 5.54. The first kappa shape index (κ1) is 15.8. The van der Waals surface area contributed by atoms with Crippen LogP contribution in [0.25, 0.3) is 0 Å². The molecule has 1 aromatic carbocycles. The first-order chi connectivity index (χ1) is 11.8. The Labute approximate surface area is 144 Å². The molecule has 0 aromatic heterocycles. The summed E-state index contributed by atoms with van der Waals surface area (Å²) >= 11 is 0. The van der Waals surface area contributed by atoms with Gasteiger partial charge in [-0.2, -0.15) is 0 Å². The van der Waals surface area contributed by atoms with Crippen molar-refractivity contribution >= 4 is 23.0 Å². The zero-order valence-corrected chi connectivity index (χ0v) is 14.3. The van der Waals surface area contributed by atoms with Gasteiger partial charge in [-0.05, 0) is 43.9 Å². The predicted molar refractivity (Wildman–Crippen MR) is 96.9 cm³/mol. The van der Waals surface area contributed by atoms with E-state index in [1.165, 1.54) is 24.9 Å². The number of amides is 1. The van der Waals surface area contributed by atoms with Gasteiger partial charge in [0.15, 0.2) is 0 Å². The van der Waals surface area contributed by atoms with Gasteiger partial charge in [0.2, 0.25) is 5.91 Å². The molecule has 2 aliphatic heterocycles. The van der Waals surface area contributed by atoms with E-state index in [4.69, 9.17) is 4.74 Å². The maximum Gasteiger partial charge on any atom is 0.227 e. The van der Waals surface area contributed by atoms with Crippen LogP contribution in [0.1, 0.15) is 32.1 Å². The van der Waals surface area contributed by atoms with Gasteiger partial charge in [0.25, 0.3) is 0 Å². The molecule has 24 heavy (non-hydrogen) atoms. The van der Waals surface area contributed by atoms with Gasteiger partial charge in [-0.3, -0.25) is 4.79 Å². The molecule has 0 radical (unpaired) electrons. The first-order valence-corrected chi connectivity index (χ1v) is 9.34. The Balaban J connectivity index is 1.59. The Bertz CT molecular complexity index is 588. The van der Waals surface area contributed by atoms with Gasteiger partial charge in [0.1, 0.15) is 0 Å². The second kappa shape index (κ2) is 7.01. The molecule has 1 saturated carbocycles. The zero-order chi connectivity index (χ0) is 16.4. The number of hydrogen-bond donors (Lipinski definition) is 1. The number of hydrogen-bond acceptors (Lipinski definition) is 4. The van der Waals surface area contributed by atoms with Crippen LogP contribution in [0.15, 0.2) is 18.2 Å². The number of rotatable bonds is 4. The molecule has 1 N–H and O–H groups in total. The lowest BCUT2D eigenvalue weighted by Gasteiger charge is -2.32. The summed E-state index contributed by atoms with van der Waals surface area (Å²) in [4.78, 5) is 17.2. The number of benzene rings is 1. The number of carbonyl (C=O) groups excluding carboxylic acids is 1. The van der Waals surface area contributed by atoms with Crippen molar-refractivity contribution in [3.63, 3.8) is 0 Å². The Morgan fingerprint density at radius 3 is 2.42 bits per heavy atom. The van der Waals surface area contributed by atoms with Crippen LogP contribution in [0.3, 0.4) is 0 Å². The Morgan fingerprint density at radius 1 is 1.00 bits per heavy atom. The molecule has 2 saturated heterocycles. The lowest BCUT2D eigenvalue weighted by molar-refractivity contribution is -0.122. The molecule has 1 aromatic rings. The molecule has 3 fully saturated rings. The minimum atomic E-state index is 0.189. The third-order valence-corrected chi connectivity index (χ3v) is 5.54. The number of morpholine rings is 1. The summed E-state index contributed by atoms with van der Waals surface area (Å²) in [5, 5.41) is 3.23. The van der Waals surface area contributed by atoms with Gasteiger partial charge in [-0.1, -0.05) is 6.42 Å². The van der Waals surface area contributed by atoms with E-state index in [2.05, 4.69) is 33.3 Å². The van der Waals surface area contributed by atoms with Crippen molar-refractivity contribution in [2.75, 3.05) is 54.5 Å². The van der Waals surface area contributed by atoms with Crippen LogP contribution in [0.5, 0.6) is 0 Å². The van der Waals surface area contributed by atoms with Gasteiger partial charge < -0.3 is 19.9 Å². The van der Waals surface area contributed by atoms with E-state index >= 15 is 0 Å². The third kappa shape index (κ3) is 3.22. The van der Waals surface area contributed by atoms with E-state index < -0.39 is 0 Å². The minimum absolute atomic E-state index is 0.189. The highest BCUT2D eigenvalue weighted by molar-refractivity contribution is 5.97. The largest absolute Gasteiger partial charge is 0.378 e. The summed E-state index contributed by atoms with van der Waals surface area (Å²) in [6.45, 7) is 5.51. The van der Waals surface area contributed by atoms with E-state index in [1.54, 1.807) is 0 Å². The topological polar surface area (TPSA) is 44.8 Å². The number of nitrogens with one attached hydrogen (secondary N) is 1. The van der Waals surface area contributed by atoms with E-state index in [1.807, 2.05) is 0 Å². The second-order valence-corrected chi connectivity index (χ2v) is 7.11. The van der Waals surface area contributed by atoms with Crippen LogP contribution in [-0.4, -0.2) is 45.3 Å². The monoisotopic (exact) mass is 329 g/mol. The molecule has 0 atom stereocenters.